The van der Waals surface area contributed by atoms with Crippen LogP contribution in [0.4, 0.5) is 0 Å². The van der Waals surface area contributed by atoms with Gasteiger partial charge >= 0.3 is 0 Å². The van der Waals surface area contributed by atoms with Gasteiger partial charge in [0, 0.05) is 19.0 Å². The Morgan fingerprint density at radius 2 is 1.44 bits per heavy atom. The maximum absolute atomic E-state index is 10.6. The number of ketones is 1. The molecular formula is C13H27NO4. The molecule has 0 rings (SSSR count). The zero-order valence-corrected chi connectivity index (χ0v) is 11.9. The van der Waals surface area contributed by atoms with Crippen molar-refractivity contribution in [1.82, 2.24) is 5.32 Å². The Bertz CT molecular complexity index is 197. The van der Waals surface area contributed by atoms with Crippen molar-refractivity contribution in [3.8, 4) is 0 Å². The first-order valence-corrected chi connectivity index (χ1v) is 6.59. The molecule has 0 aromatic heterocycles. The maximum atomic E-state index is 10.6. The van der Waals surface area contributed by atoms with Gasteiger partial charge in [-0.25, -0.2) is 0 Å². The second-order valence-corrected chi connectivity index (χ2v) is 4.40. The molecule has 0 aromatic carbocycles. The molecule has 5 heteroatoms. The fraction of sp³-hybridized carbons (Fsp3) is 0.923. The van der Waals surface area contributed by atoms with Crippen LogP contribution in [0.1, 0.15) is 27.2 Å². The van der Waals surface area contributed by atoms with Gasteiger partial charge in [0.15, 0.2) is 0 Å². The summed E-state index contributed by atoms with van der Waals surface area (Å²) in [5, 5.41) is 3.27. The summed E-state index contributed by atoms with van der Waals surface area (Å²) in [6.07, 6.45) is 0.478. The lowest BCUT2D eigenvalue weighted by Crippen LogP contribution is -2.27. The Morgan fingerprint density at radius 3 is 1.94 bits per heavy atom. The molecular weight excluding hydrogens is 234 g/mol. The second-order valence-electron chi connectivity index (χ2n) is 4.40. The number of carbonyl (C=O) groups is 1. The minimum atomic E-state index is 0.152. The van der Waals surface area contributed by atoms with E-state index in [9.17, 15) is 4.79 Å². The fourth-order valence-electron chi connectivity index (χ4n) is 1.18. The lowest BCUT2D eigenvalue weighted by Gasteiger charge is -2.09. The zero-order chi connectivity index (χ0) is 13.6. The van der Waals surface area contributed by atoms with Gasteiger partial charge in [0.25, 0.3) is 0 Å². The SMILES string of the molecule is CC(=O)CCOCCOCCOCCNC(C)C. The van der Waals surface area contributed by atoms with Gasteiger partial charge in [-0.05, 0) is 6.92 Å². The Morgan fingerprint density at radius 1 is 0.944 bits per heavy atom. The first-order chi connectivity index (χ1) is 8.63. The van der Waals surface area contributed by atoms with Gasteiger partial charge in [-0.2, -0.15) is 0 Å². The highest BCUT2D eigenvalue weighted by Crippen LogP contribution is 1.85. The van der Waals surface area contributed by atoms with Crippen LogP contribution in [-0.2, 0) is 19.0 Å². The van der Waals surface area contributed by atoms with Crippen LogP contribution >= 0.6 is 0 Å². The van der Waals surface area contributed by atoms with Crippen LogP contribution in [0.5, 0.6) is 0 Å². The minimum Gasteiger partial charge on any atom is -0.379 e. The van der Waals surface area contributed by atoms with E-state index < -0.39 is 0 Å². The van der Waals surface area contributed by atoms with E-state index in [1.165, 1.54) is 0 Å². The molecule has 0 aliphatic carbocycles. The summed E-state index contributed by atoms with van der Waals surface area (Å²) in [6, 6.07) is 0.497. The van der Waals surface area contributed by atoms with Crippen LogP contribution in [0.25, 0.3) is 0 Å². The number of carbonyl (C=O) groups excluding carboxylic acids is 1. The van der Waals surface area contributed by atoms with Gasteiger partial charge in [0.1, 0.15) is 5.78 Å². The number of hydrogen-bond donors (Lipinski definition) is 1. The highest BCUT2D eigenvalue weighted by Gasteiger charge is 1.95. The smallest absolute Gasteiger partial charge is 0.132 e. The molecule has 0 aliphatic heterocycles. The van der Waals surface area contributed by atoms with Crippen LogP contribution in [0.15, 0.2) is 0 Å². The summed E-state index contributed by atoms with van der Waals surface area (Å²) in [5.74, 6) is 0.152. The average molecular weight is 261 g/mol. The third kappa shape index (κ3) is 15.5. The molecule has 5 nitrogen and oxygen atoms in total. The van der Waals surface area contributed by atoms with Gasteiger partial charge in [0.05, 0.1) is 39.6 Å². The minimum absolute atomic E-state index is 0.152. The third-order valence-corrected chi connectivity index (χ3v) is 2.14. The molecule has 0 fully saturated rings. The first-order valence-electron chi connectivity index (χ1n) is 6.59. The van der Waals surface area contributed by atoms with E-state index in [2.05, 4.69) is 19.2 Å². The van der Waals surface area contributed by atoms with E-state index in [1.807, 2.05) is 0 Å². The third-order valence-electron chi connectivity index (χ3n) is 2.14. The predicted molar refractivity (Wildman–Crippen MR) is 70.9 cm³/mol. The normalized spacial score (nSPS) is 11.1. The number of ether oxygens (including phenoxy) is 3. The molecule has 0 spiro atoms. The molecule has 1 N–H and O–H groups in total. The molecule has 0 bridgehead atoms. The quantitative estimate of drug-likeness (QED) is 0.502. The van der Waals surface area contributed by atoms with E-state index in [0.717, 1.165) is 6.54 Å². The number of nitrogens with one attached hydrogen (secondary N) is 1. The van der Waals surface area contributed by atoms with E-state index in [1.54, 1.807) is 6.92 Å². The summed E-state index contributed by atoms with van der Waals surface area (Å²) < 4.78 is 15.9. The molecule has 0 unspecified atom stereocenters. The Kier molecular flexibility index (Phi) is 12.6. The molecule has 0 amide bonds. The van der Waals surface area contributed by atoms with Crippen molar-refractivity contribution in [1.29, 1.82) is 0 Å². The van der Waals surface area contributed by atoms with Crippen molar-refractivity contribution in [3.63, 3.8) is 0 Å². The lowest BCUT2D eigenvalue weighted by molar-refractivity contribution is -0.118. The van der Waals surface area contributed by atoms with Crippen molar-refractivity contribution < 1.29 is 19.0 Å². The topological polar surface area (TPSA) is 56.8 Å². The summed E-state index contributed by atoms with van der Waals surface area (Å²) in [7, 11) is 0. The maximum Gasteiger partial charge on any atom is 0.132 e. The first kappa shape index (κ1) is 17.5. The largest absolute Gasteiger partial charge is 0.379 e. The van der Waals surface area contributed by atoms with Crippen LogP contribution in [-0.4, -0.2) is 58.0 Å². The van der Waals surface area contributed by atoms with E-state index in [-0.39, 0.29) is 5.78 Å². The molecule has 18 heavy (non-hydrogen) atoms. The van der Waals surface area contributed by atoms with Gasteiger partial charge in [-0.15, -0.1) is 0 Å². The van der Waals surface area contributed by atoms with E-state index in [0.29, 0.717) is 52.1 Å². The number of hydrogen-bond acceptors (Lipinski definition) is 5. The Hall–Kier alpha value is -0.490. The van der Waals surface area contributed by atoms with Crippen molar-refractivity contribution in [2.45, 2.75) is 33.2 Å². The molecule has 0 aliphatic rings. The monoisotopic (exact) mass is 261 g/mol. The molecule has 0 atom stereocenters. The fourth-order valence-corrected chi connectivity index (χ4v) is 1.18. The highest BCUT2D eigenvalue weighted by molar-refractivity contribution is 5.75. The van der Waals surface area contributed by atoms with Crippen molar-refractivity contribution >= 4 is 5.78 Å². The summed E-state index contributed by atoms with van der Waals surface area (Å²) in [6.45, 7) is 10.1. The molecule has 0 saturated carbocycles. The molecule has 0 heterocycles. The van der Waals surface area contributed by atoms with Gasteiger partial charge in [-0.3, -0.25) is 4.79 Å². The van der Waals surface area contributed by atoms with E-state index >= 15 is 0 Å². The van der Waals surface area contributed by atoms with Gasteiger partial charge < -0.3 is 19.5 Å². The summed E-state index contributed by atoms with van der Waals surface area (Å²) >= 11 is 0. The molecule has 0 radical (unpaired) electrons. The van der Waals surface area contributed by atoms with E-state index in [4.69, 9.17) is 14.2 Å². The Balaban J connectivity index is 2.97. The summed E-state index contributed by atoms with van der Waals surface area (Å²) in [4.78, 5) is 10.6. The molecule has 0 saturated heterocycles. The van der Waals surface area contributed by atoms with Gasteiger partial charge in [-0.1, -0.05) is 13.8 Å². The van der Waals surface area contributed by atoms with Crippen LogP contribution in [0, 0.1) is 0 Å². The zero-order valence-electron chi connectivity index (χ0n) is 11.9. The van der Waals surface area contributed by atoms with Crippen molar-refractivity contribution in [3.05, 3.63) is 0 Å². The number of rotatable bonds is 13. The van der Waals surface area contributed by atoms with Gasteiger partial charge in [0.2, 0.25) is 0 Å². The van der Waals surface area contributed by atoms with Crippen LogP contribution < -0.4 is 5.32 Å². The highest BCUT2D eigenvalue weighted by atomic mass is 16.5. The molecule has 0 aromatic rings. The lowest BCUT2D eigenvalue weighted by atomic mass is 10.3. The van der Waals surface area contributed by atoms with Crippen molar-refractivity contribution in [2.24, 2.45) is 0 Å². The van der Waals surface area contributed by atoms with Crippen LogP contribution in [0.3, 0.4) is 0 Å². The standard InChI is InChI=1S/C13H27NO4/c1-12(2)14-5-7-17-9-11-18-10-8-16-6-4-13(3)15/h12,14H,4-11H2,1-3H3. The Labute approximate surface area is 110 Å². The van der Waals surface area contributed by atoms with Crippen molar-refractivity contribution in [2.75, 3.05) is 46.2 Å². The predicted octanol–water partition coefficient (Wildman–Crippen LogP) is 1.01. The molecule has 108 valence electrons. The number of Topliss-reactive ketones (excluding diaryl/α,β-unsaturated/α-hetero) is 1. The summed E-state index contributed by atoms with van der Waals surface area (Å²) in [5.41, 5.74) is 0. The second kappa shape index (κ2) is 13.0. The average Bonchev–Trinajstić information content (AvgIpc) is 2.29. The van der Waals surface area contributed by atoms with Crippen LogP contribution in [0.2, 0.25) is 0 Å².